The van der Waals surface area contributed by atoms with E-state index >= 15 is 0 Å². The molecule has 3 aromatic heterocycles. The van der Waals surface area contributed by atoms with Crippen molar-refractivity contribution in [3.63, 3.8) is 0 Å². The number of carboxylic acid groups (broad SMARTS) is 3. The van der Waals surface area contributed by atoms with Crippen LogP contribution in [0.1, 0.15) is 116 Å². The van der Waals surface area contributed by atoms with Gasteiger partial charge in [-0.15, -0.1) is 0 Å². The number of amides is 17. The van der Waals surface area contributed by atoms with Crippen molar-refractivity contribution in [2.75, 3.05) is 44.3 Å². The molecule has 0 bridgehead atoms. The number of aliphatic hydroxyl groups is 3. The van der Waals surface area contributed by atoms with Crippen molar-refractivity contribution in [3.8, 4) is 5.75 Å². The number of carbonyl (C=O) groups excluding carboxylic acids is 17. The number of rotatable bonds is 59. The molecule has 0 saturated carbocycles. The van der Waals surface area contributed by atoms with Gasteiger partial charge in [0, 0.05) is 89.7 Å². The Morgan fingerprint density at radius 2 is 0.793 bits per heavy atom. The minimum Gasteiger partial charge on any atom is -0.508 e. The number of H-pyrrole nitrogens is 3. The van der Waals surface area contributed by atoms with Crippen molar-refractivity contribution < 1.29 is 132 Å². The van der Waals surface area contributed by atoms with E-state index in [-0.39, 0.29) is 49.2 Å². The lowest BCUT2D eigenvalue weighted by molar-refractivity contribution is -0.142. The summed E-state index contributed by atoms with van der Waals surface area (Å²) in [6.45, 7) is 7.20. The van der Waals surface area contributed by atoms with E-state index in [9.17, 15) is 132 Å². The van der Waals surface area contributed by atoms with Crippen LogP contribution < -0.4 is 96.1 Å². The summed E-state index contributed by atoms with van der Waals surface area (Å²) in [5.74, 6) is -25.3. The third-order valence-electron chi connectivity index (χ3n) is 22.1. The maximum atomic E-state index is 14.8. The van der Waals surface area contributed by atoms with E-state index in [1.807, 2.05) is 18.2 Å². The minimum absolute atomic E-state index is 0.0745. The highest BCUT2D eigenvalue weighted by atomic mass is 32.1. The van der Waals surface area contributed by atoms with E-state index in [0.717, 1.165) is 30.3 Å². The molecule has 6 aromatic rings. The normalized spacial score (nSPS) is 14.9. The molecule has 0 unspecified atom stereocenters. The Morgan fingerprint density at radius 1 is 0.400 bits per heavy atom. The first-order valence-corrected chi connectivity index (χ1v) is 46.0. The highest BCUT2D eigenvalue weighted by molar-refractivity contribution is 7.80. The summed E-state index contributed by atoms with van der Waals surface area (Å²) < 4.78 is 0. The first-order chi connectivity index (χ1) is 66.2. The van der Waals surface area contributed by atoms with Crippen LogP contribution in [0, 0.1) is 17.8 Å². The van der Waals surface area contributed by atoms with Crippen molar-refractivity contribution in [1.82, 2.24) is 110 Å². The minimum atomic E-state index is -2.03. The van der Waals surface area contributed by atoms with Gasteiger partial charge in [0.25, 0.3) is 0 Å². The third kappa shape index (κ3) is 36.9. The fraction of sp³-hybridized carbons (Fsp3) is 0.494. The molecule has 0 aliphatic heterocycles. The van der Waals surface area contributed by atoms with Gasteiger partial charge in [-0.3, -0.25) is 91.1 Å². The molecule has 3 heterocycles. The van der Waals surface area contributed by atoms with Gasteiger partial charge in [0.15, 0.2) is 0 Å². The fourth-order valence-electron chi connectivity index (χ4n) is 14.1. The number of imidazole rings is 1. The van der Waals surface area contributed by atoms with Gasteiger partial charge in [-0.25, -0.2) is 9.78 Å². The second-order valence-corrected chi connectivity index (χ2v) is 34.7. The van der Waals surface area contributed by atoms with Crippen molar-refractivity contribution in [1.29, 1.82) is 0 Å². The van der Waals surface area contributed by atoms with Gasteiger partial charge in [0.2, 0.25) is 100 Å². The van der Waals surface area contributed by atoms with Crippen LogP contribution in [0.5, 0.6) is 5.75 Å². The van der Waals surface area contributed by atoms with Crippen LogP contribution in [0.3, 0.4) is 0 Å². The maximum absolute atomic E-state index is 14.8. The van der Waals surface area contributed by atoms with Gasteiger partial charge in [-0.05, 0) is 98.2 Å². The number of carbonyl (C=O) groups is 20. The van der Waals surface area contributed by atoms with E-state index in [0.29, 0.717) is 22.2 Å². The molecule has 3 aromatic carbocycles. The zero-order chi connectivity index (χ0) is 104. The SMILES string of the molecule is CC[C@H](C)[C@H](NC(=O)[C@H](CC(C)C)NC(=O)[C@H](CCC(=O)O)NC(=O)CNC(=O)[C@H](Cc1ccc(O)cc1)NC(=O)[C@H](CO)NC(=O)[C@@H](NC(=O)[C@@H](NC(=O)[C@@H](NC(=O)[C@H](CS)NC(=O)[C@H](CCC(=O)O)NC(=O)CNC(=O)[C@@H](N)Cc1c[nH]c2ccccc12)[C@@H](C)O)C(C)C)[C@@H](C)O)C(=O)N[C@@H](Cc1c[nH]c2ccccc12)C(=O)N[C@@H](CS)C(=O)NCC(=O)NCC(=O)N[C@@H](Cc1cnc[nH]1)C(=O)O. The van der Waals surface area contributed by atoms with Crippen LogP contribution in [0.2, 0.25) is 0 Å². The number of phenolic OH excluding ortho intramolecular Hbond substituents is 1. The van der Waals surface area contributed by atoms with Crippen molar-refractivity contribution in [2.24, 2.45) is 23.5 Å². The molecule has 764 valence electrons. The molecule has 0 fully saturated rings. The zero-order valence-corrected chi connectivity index (χ0v) is 79.7. The quantitative estimate of drug-likeness (QED) is 0.0158. The number of phenols is 1. The standard InChI is InChI=1S/C89H124N22O27S2/c1-9-44(6)73(86(134)104-61(29-49-32-93-56-17-13-11-15-53(49)56)81(129)106-64(39-139)78(126)96-34-66(116)94-35-67(117)101-62(89(137)138)30-50-33-91-41-98-50)109-82(130)59(26-42(2)3)102-79(127)57(22-24-70(120)121)99-69(119)37-97-77(125)60(27-47-18-20-51(115)21-19-47)103-83(131)63(38-112)105-87(135)74(45(7)113)111-85(133)72(43(4)5)108-88(136)75(46(8)114)110-84(132)65(40-140)107-80(128)58(23-25-71(122)123)100-68(118)36-95-76(124)54(90)28-48-31-92-55-16-12-10-14-52(48)55/h10-21,31-33,41-46,54,57-65,72-75,92-93,112-115,139-140H,9,22-30,34-40,90H2,1-8H3,(H,91,98)(H,94,116)(H,95,124)(H,96,126)(H,97,125)(H,99,119)(H,100,118)(H,101,117)(H,102,127)(H,103,131)(H,104,134)(H,105,135)(H,106,129)(H,107,128)(H,108,136)(H,109,130)(H,110,132)(H,111,133)(H,120,121)(H,122,123)(H,137,138)/t44-,45+,46+,54-,57-,58-,59-,60-,61-,62-,63-,64-,65-,72-,73-,74-,75-/m0/s1. The van der Waals surface area contributed by atoms with Gasteiger partial charge < -0.3 is 147 Å². The van der Waals surface area contributed by atoms with Crippen LogP contribution >= 0.6 is 25.3 Å². The predicted octanol–water partition coefficient (Wildman–Crippen LogP) is -6.38. The molecule has 6 rings (SSSR count). The lowest BCUT2D eigenvalue weighted by Crippen LogP contribution is -2.64. The Bertz CT molecular complexity index is 5330. The molecule has 29 N–H and O–H groups in total. The smallest absolute Gasteiger partial charge is 0.326 e. The van der Waals surface area contributed by atoms with Gasteiger partial charge in [-0.2, -0.15) is 25.3 Å². The Morgan fingerprint density at radius 3 is 1.28 bits per heavy atom. The second-order valence-electron chi connectivity index (χ2n) is 34.0. The summed E-state index contributed by atoms with van der Waals surface area (Å²) >= 11 is 8.40. The van der Waals surface area contributed by atoms with Crippen molar-refractivity contribution in [2.45, 2.75) is 216 Å². The summed E-state index contributed by atoms with van der Waals surface area (Å²) in [6, 6.07) is -3.66. The molecule has 51 heteroatoms. The lowest BCUT2D eigenvalue weighted by Gasteiger charge is -2.30. The van der Waals surface area contributed by atoms with Gasteiger partial charge in [0.05, 0.1) is 57.4 Å². The number of nitrogens with zero attached hydrogens (tertiary/aromatic N) is 1. The number of para-hydroxylation sites is 2. The molecular weight excluding hydrogens is 1870 g/mol. The highest BCUT2D eigenvalue weighted by Crippen LogP contribution is 2.23. The van der Waals surface area contributed by atoms with Crippen LogP contribution in [0.15, 0.2) is 97.7 Å². The van der Waals surface area contributed by atoms with Gasteiger partial charge >= 0.3 is 17.9 Å². The van der Waals surface area contributed by atoms with E-state index in [2.05, 4.69) is 136 Å². The van der Waals surface area contributed by atoms with Gasteiger partial charge in [0.1, 0.15) is 84.3 Å². The third-order valence-corrected chi connectivity index (χ3v) is 22.8. The van der Waals surface area contributed by atoms with E-state index in [1.165, 1.54) is 50.6 Å². The van der Waals surface area contributed by atoms with Crippen LogP contribution in [-0.4, -0.2) is 315 Å². The summed E-state index contributed by atoms with van der Waals surface area (Å²) in [5, 5.41) is 113. The second kappa shape index (κ2) is 56.5. The topological polar surface area (TPSA) is 774 Å². The molecule has 17 atom stereocenters. The Kier molecular flexibility index (Phi) is 46.2. The number of benzene rings is 3. The van der Waals surface area contributed by atoms with Crippen molar-refractivity contribution >= 4 is 165 Å². The molecule has 0 aliphatic rings. The van der Waals surface area contributed by atoms with Gasteiger partial charge in [-0.1, -0.05) is 96.5 Å². The first kappa shape index (κ1) is 114. The van der Waals surface area contributed by atoms with Crippen LogP contribution in [0.4, 0.5) is 0 Å². The van der Waals surface area contributed by atoms with Crippen molar-refractivity contribution in [3.05, 3.63) is 120 Å². The Labute approximate surface area is 813 Å². The molecule has 0 spiro atoms. The number of aliphatic hydroxyl groups excluding tert-OH is 3. The Hall–Kier alpha value is -14.3. The molecule has 0 aliphatic carbocycles. The number of fused-ring (bicyclic) bond motifs is 2. The average Bonchev–Trinajstić information content (AvgIpc) is 1.62. The number of hydrogen-bond acceptors (Lipinski definition) is 28. The number of aromatic amines is 3. The number of aliphatic carboxylic acids is 3. The zero-order valence-electron chi connectivity index (χ0n) is 77.9. The number of nitrogens with two attached hydrogens (primary N) is 1. The molecule has 17 amide bonds. The largest absolute Gasteiger partial charge is 0.508 e. The average molecular weight is 2000 g/mol. The summed E-state index contributed by atoms with van der Waals surface area (Å²) in [4.78, 5) is 284. The number of carboxylic acids is 3. The molecular formula is C89H124N22O27S2. The monoisotopic (exact) mass is 2000 g/mol. The lowest BCUT2D eigenvalue weighted by atomic mass is 9.95. The van der Waals surface area contributed by atoms with Crippen LogP contribution in [-0.2, 0) is 122 Å². The van der Waals surface area contributed by atoms with E-state index in [4.69, 9.17) is 5.73 Å². The number of aromatic nitrogens is 4. The number of thiol groups is 2. The highest BCUT2D eigenvalue weighted by Gasteiger charge is 2.41. The number of hydrogen-bond donors (Lipinski definition) is 30. The summed E-state index contributed by atoms with van der Waals surface area (Å²) in [6.07, 6.45) is -0.928. The number of nitrogens with one attached hydrogen (secondary N) is 20. The molecule has 140 heavy (non-hydrogen) atoms. The summed E-state index contributed by atoms with van der Waals surface area (Å²) in [7, 11) is 0. The predicted molar refractivity (Wildman–Crippen MR) is 506 cm³/mol. The Balaban J connectivity index is 1.09. The maximum Gasteiger partial charge on any atom is 0.326 e. The first-order valence-electron chi connectivity index (χ1n) is 44.7. The van der Waals surface area contributed by atoms with Crippen LogP contribution in [0.25, 0.3) is 21.8 Å². The molecule has 49 nitrogen and oxygen atoms in total. The van der Waals surface area contributed by atoms with E-state index < -0.39 is 304 Å². The van der Waals surface area contributed by atoms with E-state index in [1.54, 1.807) is 70.4 Å². The molecule has 0 radical (unpaired) electrons. The fourth-order valence-corrected chi connectivity index (χ4v) is 14.6. The summed E-state index contributed by atoms with van der Waals surface area (Å²) in [5.41, 5.74) is 9.48. The number of aromatic hydroxyl groups is 1. The molecule has 0 saturated heterocycles.